The third kappa shape index (κ3) is 1.90. The zero-order valence-electron chi connectivity index (χ0n) is 10.4. The van der Waals surface area contributed by atoms with E-state index in [9.17, 15) is 0 Å². The van der Waals surface area contributed by atoms with Crippen molar-refractivity contribution in [3.63, 3.8) is 0 Å². The largest absolute Gasteiger partial charge is 0.368 e. The monoisotopic (exact) mass is 244 g/mol. The summed E-state index contributed by atoms with van der Waals surface area (Å²) >= 11 is 0. The molecule has 0 amide bonds. The summed E-state index contributed by atoms with van der Waals surface area (Å²) in [5.41, 5.74) is 7.04. The summed E-state index contributed by atoms with van der Waals surface area (Å²) in [6.45, 7) is 4.02. The number of aromatic nitrogens is 4. The Morgan fingerprint density at radius 2 is 2.06 bits per heavy atom. The van der Waals surface area contributed by atoms with Crippen molar-refractivity contribution in [1.29, 1.82) is 0 Å². The number of nitrogens with zero attached hydrogens (tertiary/aromatic N) is 5. The second-order valence-electron chi connectivity index (χ2n) is 4.57. The lowest BCUT2D eigenvalue weighted by Gasteiger charge is -2.10. The number of rotatable bonds is 2. The van der Waals surface area contributed by atoms with E-state index < -0.39 is 0 Å². The van der Waals surface area contributed by atoms with Crippen molar-refractivity contribution >= 4 is 11.9 Å². The number of nitrogens with two attached hydrogens (primary N) is 1. The van der Waals surface area contributed by atoms with Gasteiger partial charge in [-0.15, -0.1) is 5.10 Å². The molecule has 0 aliphatic carbocycles. The Morgan fingerprint density at radius 3 is 2.78 bits per heavy atom. The SMILES string of the molecule is Cc1ccnc(-n2nc(N3CCCC3)nc2N)c1. The van der Waals surface area contributed by atoms with E-state index in [1.54, 1.807) is 10.9 Å². The standard InChI is InChI=1S/C12H16N6/c1-9-4-5-14-10(8-9)18-11(13)15-12(16-18)17-6-2-3-7-17/h4-5,8H,2-3,6-7H2,1H3,(H2,13,15,16). The average Bonchev–Trinajstić information content (AvgIpc) is 2.97. The van der Waals surface area contributed by atoms with E-state index in [1.807, 2.05) is 19.1 Å². The number of pyridine rings is 1. The first-order valence-electron chi connectivity index (χ1n) is 6.14. The lowest BCUT2D eigenvalue weighted by Crippen LogP contribution is -2.19. The van der Waals surface area contributed by atoms with Gasteiger partial charge in [0, 0.05) is 19.3 Å². The van der Waals surface area contributed by atoms with Crippen LogP contribution in [0.2, 0.25) is 0 Å². The van der Waals surface area contributed by atoms with E-state index >= 15 is 0 Å². The molecular formula is C12H16N6. The summed E-state index contributed by atoms with van der Waals surface area (Å²) in [7, 11) is 0. The van der Waals surface area contributed by atoms with Crippen LogP contribution in [-0.2, 0) is 0 Å². The number of aryl methyl sites for hydroxylation is 1. The zero-order chi connectivity index (χ0) is 12.5. The van der Waals surface area contributed by atoms with Crippen molar-refractivity contribution in [3.8, 4) is 5.82 Å². The average molecular weight is 244 g/mol. The van der Waals surface area contributed by atoms with Crippen LogP contribution in [-0.4, -0.2) is 32.8 Å². The smallest absolute Gasteiger partial charge is 0.247 e. The van der Waals surface area contributed by atoms with Gasteiger partial charge in [-0.05, 0) is 37.5 Å². The van der Waals surface area contributed by atoms with Crippen molar-refractivity contribution in [3.05, 3.63) is 23.9 Å². The minimum absolute atomic E-state index is 0.384. The van der Waals surface area contributed by atoms with Gasteiger partial charge in [0.25, 0.3) is 0 Å². The summed E-state index contributed by atoms with van der Waals surface area (Å²) < 4.78 is 1.60. The number of nitrogen functional groups attached to an aromatic ring is 1. The molecule has 0 atom stereocenters. The molecule has 2 N–H and O–H groups in total. The Hall–Kier alpha value is -2.11. The minimum atomic E-state index is 0.384. The molecule has 2 aromatic rings. The lowest BCUT2D eigenvalue weighted by atomic mass is 10.3. The molecule has 0 radical (unpaired) electrons. The summed E-state index contributed by atoms with van der Waals surface area (Å²) in [6, 6.07) is 3.89. The van der Waals surface area contributed by atoms with E-state index in [1.165, 1.54) is 12.8 Å². The molecule has 0 saturated carbocycles. The maximum atomic E-state index is 5.91. The van der Waals surface area contributed by atoms with Gasteiger partial charge in [-0.2, -0.15) is 9.67 Å². The van der Waals surface area contributed by atoms with Crippen LogP contribution in [0.25, 0.3) is 5.82 Å². The number of hydrogen-bond donors (Lipinski definition) is 1. The molecule has 0 unspecified atom stereocenters. The summed E-state index contributed by atoms with van der Waals surface area (Å²) in [5, 5.41) is 4.45. The van der Waals surface area contributed by atoms with Crippen molar-refractivity contribution in [2.45, 2.75) is 19.8 Å². The van der Waals surface area contributed by atoms with Crippen molar-refractivity contribution in [2.75, 3.05) is 23.7 Å². The van der Waals surface area contributed by atoms with Crippen LogP contribution in [0.5, 0.6) is 0 Å². The van der Waals surface area contributed by atoms with Crippen LogP contribution >= 0.6 is 0 Å². The second kappa shape index (κ2) is 4.29. The molecule has 0 aromatic carbocycles. The highest BCUT2D eigenvalue weighted by atomic mass is 15.5. The molecule has 3 rings (SSSR count). The first kappa shape index (κ1) is 11.0. The second-order valence-corrected chi connectivity index (χ2v) is 4.57. The van der Waals surface area contributed by atoms with Gasteiger partial charge in [-0.3, -0.25) is 0 Å². The van der Waals surface area contributed by atoms with Gasteiger partial charge in [0.15, 0.2) is 5.82 Å². The van der Waals surface area contributed by atoms with Gasteiger partial charge >= 0.3 is 0 Å². The van der Waals surface area contributed by atoms with Crippen molar-refractivity contribution in [2.24, 2.45) is 0 Å². The zero-order valence-corrected chi connectivity index (χ0v) is 10.4. The molecular weight excluding hydrogens is 228 g/mol. The van der Waals surface area contributed by atoms with Crippen LogP contribution in [0.4, 0.5) is 11.9 Å². The third-order valence-corrected chi connectivity index (χ3v) is 3.13. The van der Waals surface area contributed by atoms with E-state index in [2.05, 4.69) is 20.0 Å². The fourth-order valence-corrected chi connectivity index (χ4v) is 2.17. The van der Waals surface area contributed by atoms with Gasteiger partial charge < -0.3 is 10.6 Å². The third-order valence-electron chi connectivity index (χ3n) is 3.13. The van der Waals surface area contributed by atoms with Gasteiger partial charge in [0.05, 0.1) is 0 Å². The predicted molar refractivity (Wildman–Crippen MR) is 69.8 cm³/mol. The maximum Gasteiger partial charge on any atom is 0.247 e. The number of anilines is 2. The van der Waals surface area contributed by atoms with Crippen LogP contribution < -0.4 is 10.6 Å². The molecule has 1 fully saturated rings. The Kier molecular flexibility index (Phi) is 2.62. The van der Waals surface area contributed by atoms with Crippen molar-refractivity contribution in [1.82, 2.24) is 19.7 Å². The topological polar surface area (TPSA) is 72.9 Å². The van der Waals surface area contributed by atoms with E-state index in [-0.39, 0.29) is 0 Å². The Balaban J connectivity index is 1.97. The molecule has 18 heavy (non-hydrogen) atoms. The highest BCUT2D eigenvalue weighted by Crippen LogP contribution is 2.19. The molecule has 6 nitrogen and oxygen atoms in total. The van der Waals surface area contributed by atoms with Gasteiger partial charge in [-0.25, -0.2) is 4.98 Å². The van der Waals surface area contributed by atoms with Crippen LogP contribution in [0, 0.1) is 6.92 Å². The Labute approximate surface area is 105 Å². The van der Waals surface area contributed by atoms with Crippen molar-refractivity contribution < 1.29 is 0 Å². The molecule has 1 saturated heterocycles. The van der Waals surface area contributed by atoms with E-state index in [4.69, 9.17) is 5.73 Å². The molecule has 1 aliphatic heterocycles. The minimum Gasteiger partial charge on any atom is -0.368 e. The fourth-order valence-electron chi connectivity index (χ4n) is 2.17. The molecule has 2 aromatic heterocycles. The molecule has 94 valence electrons. The molecule has 3 heterocycles. The normalized spacial score (nSPS) is 15.3. The highest BCUT2D eigenvalue weighted by Gasteiger charge is 2.18. The quantitative estimate of drug-likeness (QED) is 0.858. The number of hydrogen-bond acceptors (Lipinski definition) is 5. The fraction of sp³-hybridized carbons (Fsp3) is 0.417. The van der Waals surface area contributed by atoms with E-state index in [0.717, 1.165) is 18.7 Å². The first-order valence-corrected chi connectivity index (χ1v) is 6.14. The van der Waals surface area contributed by atoms with Gasteiger partial charge in [0.1, 0.15) is 0 Å². The first-order chi connectivity index (χ1) is 8.74. The van der Waals surface area contributed by atoms with Crippen LogP contribution in [0.1, 0.15) is 18.4 Å². The lowest BCUT2D eigenvalue weighted by molar-refractivity contribution is 0.826. The molecule has 0 spiro atoms. The van der Waals surface area contributed by atoms with Crippen LogP contribution in [0.3, 0.4) is 0 Å². The Bertz CT molecular complexity index is 555. The van der Waals surface area contributed by atoms with Gasteiger partial charge in [0.2, 0.25) is 11.9 Å². The summed E-state index contributed by atoms with van der Waals surface area (Å²) in [6.07, 6.45) is 4.13. The molecule has 0 bridgehead atoms. The summed E-state index contributed by atoms with van der Waals surface area (Å²) in [4.78, 5) is 10.7. The molecule has 1 aliphatic rings. The van der Waals surface area contributed by atoms with Crippen LogP contribution in [0.15, 0.2) is 18.3 Å². The maximum absolute atomic E-state index is 5.91. The molecule has 6 heteroatoms. The van der Waals surface area contributed by atoms with E-state index in [0.29, 0.717) is 17.7 Å². The highest BCUT2D eigenvalue weighted by molar-refractivity contribution is 5.41. The predicted octanol–water partition coefficient (Wildman–Crippen LogP) is 1.15. The van der Waals surface area contributed by atoms with Gasteiger partial charge in [-0.1, -0.05) is 0 Å². The summed E-state index contributed by atoms with van der Waals surface area (Å²) in [5.74, 6) is 1.80. The Morgan fingerprint density at radius 1 is 1.28 bits per heavy atom.